The molecule has 164 valence electrons. The minimum atomic E-state index is -0.673. The van der Waals surface area contributed by atoms with E-state index in [-0.39, 0.29) is 12.5 Å². The number of β-amino-alcohol motifs (C(OH)–C–C–N with tert-alkyl or cyclic N) is 1. The molecule has 2 heterocycles. The van der Waals surface area contributed by atoms with Gasteiger partial charge in [-0.05, 0) is 37.8 Å². The van der Waals surface area contributed by atoms with E-state index in [9.17, 15) is 15.0 Å². The zero-order valence-corrected chi connectivity index (χ0v) is 17.6. The van der Waals surface area contributed by atoms with Crippen LogP contribution in [0, 0.1) is 6.92 Å². The van der Waals surface area contributed by atoms with Crippen LogP contribution in [0.5, 0.6) is 5.75 Å². The SMILES string of the molecule is Cc1ccc(OCCCC(=O)NC2CCCC2)c2c1CN1CC(O)N(CCO)C1=N2. The number of carbonyl (C=O) groups excluding carboxylic acids is 1. The van der Waals surface area contributed by atoms with E-state index in [1.54, 1.807) is 4.90 Å². The van der Waals surface area contributed by atoms with Crippen LogP contribution in [0.4, 0.5) is 5.69 Å². The number of nitrogens with one attached hydrogen (secondary N) is 1. The Balaban J connectivity index is 1.39. The fourth-order valence-corrected chi connectivity index (χ4v) is 4.55. The van der Waals surface area contributed by atoms with Gasteiger partial charge >= 0.3 is 0 Å². The molecule has 1 saturated carbocycles. The lowest BCUT2D eigenvalue weighted by Crippen LogP contribution is -2.39. The molecule has 8 nitrogen and oxygen atoms in total. The lowest BCUT2D eigenvalue weighted by atomic mass is 10.0. The first-order valence-corrected chi connectivity index (χ1v) is 11.0. The Labute approximate surface area is 177 Å². The third-order valence-electron chi connectivity index (χ3n) is 6.19. The first-order chi connectivity index (χ1) is 14.6. The van der Waals surface area contributed by atoms with Crippen molar-refractivity contribution in [3.63, 3.8) is 0 Å². The molecular weight excluding hydrogens is 384 g/mol. The summed E-state index contributed by atoms with van der Waals surface area (Å²) in [5.74, 6) is 1.48. The Bertz CT molecular complexity index is 807. The highest BCUT2D eigenvalue weighted by atomic mass is 16.5. The van der Waals surface area contributed by atoms with Crippen LogP contribution in [-0.4, -0.2) is 70.5 Å². The van der Waals surface area contributed by atoms with Gasteiger partial charge in [0.15, 0.2) is 0 Å². The number of hydrogen-bond acceptors (Lipinski definition) is 7. The second-order valence-electron chi connectivity index (χ2n) is 8.40. The first-order valence-electron chi connectivity index (χ1n) is 11.0. The summed E-state index contributed by atoms with van der Waals surface area (Å²) in [5, 5.41) is 22.8. The fourth-order valence-electron chi connectivity index (χ4n) is 4.55. The number of nitrogens with zero attached hydrogens (tertiary/aromatic N) is 3. The predicted octanol–water partition coefficient (Wildman–Crippen LogP) is 1.64. The molecule has 1 saturated heterocycles. The van der Waals surface area contributed by atoms with Crippen LogP contribution < -0.4 is 10.1 Å². The molecule has 0 aromatic heterocycles. The maximum Gasteiger partial charge on any atom is 0.220 e. The average molecular weight is 417 g/mol. The van der Waals surface area contributed by atoms with Gasteiger partial charge in [0.2, 0.25) is 11.9 Å². The van der Waals surface area contributed by atoms with Crippen LogP contribution in [-0.2, 0) is 11.3 Å². The van der Waals surface area contributed by atoms with Crippen molar-refractivity contribution in [3.8, 4) is 5.75 Å². The number of aliphatic hydroxyl groups is 2. The molecule has 2 aliphatic heterocycles. The summed E-state index contributed by atoms with van der Waals surface area (Å²) >= 11 is 0. The fraction of sp³-hybridized carbons (Fsp3) is 0.636. The van der Waals surface area contributed by atoms with Crippen molar-refractivity contribution in [3.05, 3.63) is 23.3 Å². The largest absolute Gasteiger partial charge is 0.491 e. The number of ether oxygens (including phenoxy) is 1. The maximum atomic E-state index is 12.1. The van der Waals surface area contributed by atoms with E-state index >= 15 is 0 Å². The quantitative estimate of drug-likeness (QED) is 0.558. The molecule has 1 aromatic carbocycles. The van der Waals surface area contributed by atoms with Gasteiger partial charge in [0.05, 0.1) is 19.8 Å². The van der Waals surface area contributed by atoms with Crippen LogP contribution in [0.1, 0.15) is 49.7 Å². The van der Waals surface area contributed by atoms with Gasteiger partial charge in [-0.15, -0.1) is 0 Å². The molecule has 1 atom stereocenters. The number of benzene rings is 1. The van der Waals surface area contributed by atoms with Crippen LogP contribution in [0.3, 0.4) is 0 Å². The number of amides is 1. The topological polar surface area (TPSA) is 97.6 Å². The highest BCUT2D eigenvalue weighted by molar-refractivity contribution is 5.88. The summed E-state index contributed by atoms with van der Waals surface area (Å²) in [6, 6.07) is 4.30. The van der Waals surface area contributed by atoms with Crippen LogP contribution in [0.15, 0.2) is 17.1 Å². The zero-order valence-electron chi connectivity index (χ0n) is 17.6. The van der Waals surface area contributed by atoms with E-state index < -0.39 is 6.23 Å². The van der Waals surface area contributed by atoms with Gasteiger partial charge in [-0.2, -0.15) is 0 Å². The summed E-state index contributed by atoms with van der Waals surface area (Å²) in [4.78, 5) is 20.7. The van der Waals surface area contributed by atoms with Crippen molar-refractivity contribution < 1.29 is 19.7 Å². The predicted molar refractivity (Wildman–Crippen MR) is 114 cm³/mol. The molecule has 3 N–H and O–H groups in total. The Morgan fingerprint density at radius 2 is 2.13 bits per heavy atom. The Morgan fingerprint density at radius 3 is 2.90 bits per heavy atom. The average Bonchev–Trinajstić information content (AvgIpc) is 3.34. The Hall–Kier alpha value is -2.32. The third kappa shape index (κ3) is 4.39. The summed E-state index contributed by atoms with van der Waals surface area (Å²) in [6.07, 6.45) is 5.04. The van der Waals surface area contributed by atoms with E-state index in [1.165, 1.54) is 12.8 Å². The second-order valence-corrected chi connectivity index (χ2v) is 8.40. The Morgan fingerprint density at radius 1 is 1.33 bits per heavy atom. The van der Waals surface area contributed by atoms with E-state index in [1.807, 2.05) is 17.0 Å². The van der Waals surface area contributed by atoms with Gasteiger partial charge in [-0.1, -0.05) is 18.9 Å². The molecule has 1 aromatic rings. The first kappa shape index (κ1) is 20.9. The maximum absolute atomic E-state index is 12.1. The second kappa shape index (κ2) is 9.22. The molecule has 2 fully saturated rings. The van der Waals surface area contributed by atoms with Gasteiger partial charge in [0.1, 0.15) is 17.7 Å². The molecule has 3 aliphatic rings. The lowest BCUT2D eigenvalue weighted by Gasteiger charge is -2.29. The smallest absolute Gasteiger partial charge is 0.220 e. The van der Waals surface area contributed by atoms with Crippen molar-refractivity contribution >= 4 is 17.6 Å². The van der Waals surface area contributed by atoms with Crippen LogP contribution in [0.2, 0.25) is 0 Å². The number of hydrogen-bond donors (Lipinski definition) is 3. The monoisotopic (exact) mass is 416 g/mol. The molecule has 1 unspecified atom stereocenters. The van der Waals surface area contributed by atoms with Crippen molar-refractivity contribution in [1.29, 1.82) is 0 Å². The lowest BCUT2D eigenvalue weighted by molar-refractivity contribution is -0.122. The molecule has 0 spiro atoms. The van der Waals surface area contributed by atoms with Gasteiger partial charge in [0.25, 0.3) is 0 Å². The highest BCUT2D eigenvalue weighted by Gasteiger charge is 2.37. The van der Waals surface area contributed by atoms with Gasteiger partial charge in [-0.3, -0.25) is 4.79 Å². The van der Waals surface area contributed by atoms with E-state index in [2.05, 4.69) is 12.2 Å². The number of aliphatic hydroxyl groups excluding tert-OH is 2. The van der Waals surface area contributed by atoms with Crippen molar-refractivity contribution in [2.75, 3.05) is 26.3 Å². The number of carbonyl (C=O) groups is 1. The van der Waals surface area contributed by atoms with E-state index in [0.717, 1.165) is 29.7 Å². The summed E-state index contributed by atoms with van der Waals surface area (Å²) in [5.41, 5.74) is 3.01. The standard InChI is InChI=1S/C22H32N4O4/c1-15-8-9-18(30-12-4-7-19(28)23-16-5-2-3-6-16)21-17(15)13-25-14-20(29)26(10-11-27)22(25)24-21/h8-9,16,20,27,29H,2-7,10-14H2,1H3,(H,23,28). The Kier molecular flexibility index (Phi) is 6.43. The highest BCUT2D eigenvalue weighted by Crippen LogP contribution is 2.39. The minimum absolute atomic E-state index is 0.0448. The van der Waals surface area contributed by atoms with Crippen LogP contribution >= 0.6 is 0 Å². The molecule has 1 aliphatic carbocycles. The number of fused-ring (bicyclic) bond motifs is 2. The van der Waals surface area contributed by atoms with Crippen LogP contribution in [0.25, 0.3) is 0 Å². The minimum Gasteiger partial charge on any atom is -0.491 e. The summed E-state index contributed by atoms with van der Waals surface area (Å²) in [6.45, 7) is 3.92. The molecule has 0 bridgehead atoms. The van der Waals surface area contributed by atoms with Gasteiger partial charge in [-0.25, -0.2) is 4.99 Å². The normalized spacial score (nSPS) is 20.8. The molecular formula is C22H32N4O4. The molecule has 4 rings (SSSR count). The third-order valence-corrected chi connectivity index (χ3v) is 6.19. The van der Waals surface area contributed by atoms with Gasteiger partial charge in [0, 0.05) is 31.1 Å². The summed E-state index contributed by atoms with van der Waals surface area (Å²) in [7, 11) is 0. The molecule has 0 radical (unpaired) electrons. The van der Waals surface area contributed by atoms with E-state index in [0.29, 0.717) is 56.8 Å². The van der Waals surface area contributed by atoms with Crippen molar-refractivity contribution in [2.24, 2.45) is 4.99 Å². The van der Waals surface area contributed by atoms with Gasteiger partial charge < -0.3 is 30.1 Å². The van der Waals surface area contributed by atoms with Crippen molar-refractivity contribution in [2.45, 2.75) is 64.3 Å². The number of guanidine groups is 1. The molecule has 1 amide bonds. The zero-order chi connectivity index (χ0) is 21.1. The molecule has 30 heavy (non-hydrogen) atoms. The molecule has 8 heteroatoms. The summed E-state index contributed by atoms with van der Waals surface area (Å²) < 4.78 is 6.01. The number of rotatable bonds is 8. The van der Waals surface area contributed by atoms with E-state index in [4.69, 9.17) is 9.73 Å². The number of aryl methyl sites for hydroxylation is 1. The number of aliphatic imine (C=N–C) groups is 1. The van der Waals surface area contributed by atoms with Crippen molar-refractivity contribution in [1.82, 2.24) is 15.1 Å².